The second kappa shape index (κ2) is 10.3. The minimum absolute atomic E-state index is 0.425. The Morgan fingerprint density at radius 2 is 1.57 bits per heavy atom. The van der Waals surface area contributed by atoms with E-state index in [-0.39, 0.29) is 0 Å². The number of nitrogens with one attached hydrogen (secondary N) is 1. The molecule has 0 spiro atoms. The van der Waals surface area contributed by atoms with Crippen LogP contribution in [0.4, 0.5) is 0 Å². The lowest BCUT2D eigenvalue weighted by Gasteiger charge is -2.33. The van der Waals surface area contributed by atoms with Gasteiger partial charge in [-0.3, -0.25) is 0 Å². The van der Waals surface area contributed by atoms with Gasteiger partial charge in [-0.15, -0.1) is 0 Å². The smallest absolute Gasteiger partial charge is 0.0508 e. The Morgan fingerprint density at radius 3 is 2.57 bits per heavy atom. The van der Waals surface area contributed by atoms with Gasteiger partial charge < -0.3 is 5.32 Å². The van der Waals surface area contributed by atoms with Crippen LogP contribution in [0.3, 0.4) is 0 Å². The van der Waals surface area contributed by atoms with Gasteiger partial charge in [0.05, 0.1) is 6.04 Å². The van der Waals surface area contributed by atoms with Crippen molar-refractivity contribution < 1.29 is 0 Å². The zero-order valence-corrected chi connectivity index (χ0v) is 25.9. The zero-order valence-electron chi connectivity index (χ0n) is 25.9. The van der Waals surface area contributed by atoms with Crippen molar-refractivity contribution in [1.29, 1.82) is 0 Å². The number of allylic oxidation sites excluding steroid dienone is 11. The highest BCUT2D eigenvalue weighted by molar-refractivity contribution is 5.92. The van der Waals surface area contributed by atoms with Crippen LogP contribution in [0.25, 0.3) is 33.0 Å². The molecular weight excluding hydrogens is 555 g/mol. The van der Waals surface area contributed by atoms with Crippen molar-refractivity contribution in [2.75, 3.05) is 0 Å². The van der Waals surface area contributed by atoms with Crippen molar-refractivity contribution in [1.82, 2.24) is 5.32 Å². The van der Waals surface area contributed by atoms with Gasteiger partial charge in [0, 0.05) is 29.9 Å². The standard InChI is InChI=1S/C45H37N/c1-4-11-44-35(6-1)26-37(27-46-44)33-18-17-29-22-30(15-16-31(29)23-33)32-14-12-28-13-19-34(25-36(28)24-32)38-20-21-43-40-8-3-2-7-39(40)42-10-5-9-41(38)45(42)43/h1-20,22-23,25,27-28,32,35-36,43-44,46H,21,24,26H2. The van der Waals surface area contributed by atoms with Gasteiger partial charge >= 0.3 is 0 Å². The summed E-state index contributed by atoms with van der Waals surface area (Å²) in [4.78, 5) is 0. The topological polar surface area (TPSA) is 12.0 Å². The van der Waals surface area contributed by atoms with Crippen molar-refractivity contribution in [2.45, 2.75) is 37.1 Å². The largest absolute Gasteiger partial charge is 0.384 e. The Balaban J connectivity index is 0.911. The summed E-state index contributed by atoms with van der Waals surface area (Å²) in [5.41, 5.74) is 14.3. The molecule has 1 N–H and O–H groups in total. The minimum Gasteiger partial charge on any atom is -0.384 e. The van der Waals surface area contributed by atoms with Crippen molar-refractivity contribution in [3.8, 4) is 11.1 Å². The molecule has 0 saturated heterocycles. The van der Waals surface area contributed by atoms with E-state index in [2.05, 4.69) is 151 Å². The van der Waals surface area contributed by atoms with Crippen LogP contribution in [0.5, 0.6) is 0 Å². The van der Waals surface area contributed by atoms with E-state index in [1.807, 2.05) is 0 Å². The Morgan fingerprint density at radius 1 is 0.696 bits per heavy atom. The second-order valence-electron chi connectivity index (χ2n) is 14.0. The summed E-state index contributed by atoms with van der Waals surface area (Å²) in [6.07, 6.45) is 29.4. The molecule has 4 aromatic carbocycles. The first-order chi connectivity index (χ1) is 22.8. The second-order valence-corrected chi connectivity index (χ2v) is 14.0. The highest BCUT2D eigenvalue weighted by Gasteiger charge is 2.35. The molecule has 0 bridgehead atoms. The number of hydrogen-bond acceptors (Lipinski definition) is 1. The fourth-order valence-corrected chi connectivity index (χ4v) is 9.16. The van der Waals surface area contributed by atoms with E-state index in [0.29, 0.717) is 35.6 Å². The Kier molecular flexibility index (Phi) is 5.91. The van der Waals surface area contributed by atoms with Gasteiger partial charge in [0.1, 0.15) is 0 Å². The van der Waals surface area contributed by atoms with E-state index >= 15 is 0 Å². The number of rotatable bonds is 3. The van der Waals surface area contributed by atoms with E-state index < -0.39 is 0 Å². The fraction of sp³-hybridized carbons (Fsp3) is 0.200. The molecule has 10 rings (SSSR count). The van der Waals surface area contributed by atoms with Gasteiger partial charge in [-0.25, -0.2) is 0 Å². The maximum absolute atomic E-state index is 3.61. The van der Waals surface area contributed by atoms with Crippen LogP contribution in [0.1, 0.15) is 58.9 Å². The molecule has 1 nitrogen and oxygen atoms in total. The van der Waals surface area contributed by atoms with Gasteiger partial charge in [0.15, 0.2) is 0 Å². The third kappa shape index (κ3) is 4.14. The lowest BCUT2D eigenvalue weighted by molar-refractivity contribution is 0.459. The molecule has 1 heterocycles. The van der Waals surface area contributed by atoms with Crippen LogP contribution < -0.4 is 5.32 Å². The van der Waals surface area contributed by atoms with Gasteiger partial charge in [0.25, 0.3) is 0 Å². The predicted octanol–water partition coefficient (Wildman–Crippen LogP) is 10.7. The highest BCUT2D eigenvalue weighted by Crippen LogP contribution is 2.53. The number of fused-ring (bicyclic) bond motifs is 6. The lowest BCUT2D eigenvalue weighted by atomic mass is 9.71. The average molecular weight is 592 g/mol. The van der Waals surface area contributed by atoms with E-state index in [1.165, 1.54) is 60.9 Å². The van der Waals surface area contributed by atoms with Crippen molar-refractivity contribution in [3.63, 3.8) is 0 Å². The predicted molar refractivity (Wildman–Crippen MR) is 192 cm³/mol. The van der Waals surface area contributed by atoms with E-state index in [4.69, 9.17) is 0 Å². The molecule has 4 aromatic rings. The lowest BCUT2D eigenvalue weighted by Crippen LogP contribution is -2.34. The van der Waals surface area contributed by atoms with Crippen LogP contribution in [-0.2, 0) is 0 Å². The fourth-order valence-electron chi connectivity index (χ4n) is 9.16. The van der Waals surface area contributed by atoms with Gasteiger partial charge in [-0.05, 0) is 97.7 Å². The molecule has 0 fully saturated rings. The summed E-state index contributed by atoms with van der Waals surface area (Å²) in [6.45, 7) is 0. The molecule has 0 amide bonds. The average Bonchev–Trinajstić information content (AvgIpc) is 3.45. The molecule has 222 valence electrons. The number of benzene rings is 4. The van der Waals surface area contributed by atoms with Crippen molar-refractivity contribution in [2.24, 2.45) is 17.8 Å². The summed E-state index contributed by atoms with van der Waals surface area (Å²) in [5, 5.41) is 6.27. The molecule has 6 aliphatic rings. The van der Waals surface area contributed by atoms with Gasteiger partial charge in [-0.1, -0.05) is 134 Å². The summed E-state index contributed by atoms with van der Waals surface area (Å²) >= 11 is 0. The first kappa shape index (κ1) is 26.3. The van der Waals surface area contributed by atoms with Crippen LogP contribution in [-0.4, -0.2) is 6.04 Å². The van der Waals surface area contributed by atoms with Crippen LogP contribution in [0.15, 0.2) is 151 Å². The summed E-state index contributed by atoms with van der Waals surface area (Å²) < 4.78 is 0. The van der Waals surface area contributed by atoms with Gasteiger partial charge in [0.2, 0.25) is 0 Å². The zero-order chi connectivity index (χ0) is 30.2. The van der Waals surface area contributed by atoms with E-state index in [9.17, 15) is 0 Å². The third-order valence-electron chi connectivity index (χ3n) is 11.5. The SMILES string of the molecule is C1=CC2CC(c3ccc4cc(C5C=CC6C=CC(C7=CCC8c9ccccc9-c9cccc7c98)=CC6C5)ccc4c3)=CNC2C=C1. The molecule has 5 aliphatic carbocycles. The van der Waals surface area contributed by atoms with Crippen LogP contribution in [0, 0.1) is 17.8 Å². The molecule has 0 radical (unpaired) electrons. The first-order valence-electron chi connectivity index (χ1n) is 17.1. The number of hydrogen-bond donors (Lipinski definition) is 1. The molecular formula is C45H37N. The summed E-state index contributed by atoms with van der Waals surface area (Å²) in [6, 6.07) is 30.6. The van der Waals surface area contributed by atoms with E-state index in [0.717, 1.165) is 19.3 Å². The normalized spacial score (nSPS) is 28.0. The van der Waals surface area contributed by atoms with Crippen molar-refractivity contribution >= 4 is 21.9 Å². The monoisotopic (exact) mass is 591 g/mol. The maximum Gasteiger partial charge on any atom is 0.0508 e. The molecule has 0 aromatic heterocycles. The van der Waals surface area contributed by atoms with Gasteiger partial charge in [-0.2, -0.15) is 0 Å². The molecule has 46 heavy (non-hydrogen) atoms. The highest BCUT2D eigenvalue weighted by atomic mass is 14.9. The van der Waals surface area contributed by atoms with Crippen LogP contribution >= 0.6 is 0 Å². The van der Waals surface area contributed by atoms with E-state index in [1.54, 1.807) is 5.56 Å². The third-order valence-corrected chi connectivity index (χ3v) is 11.5. The first-order valence-corrected chi connectivity index (χ1v) is 17.1. The molecule has 0 saturated carbocycles. The quantitative estimate of drug-likeness (QED) is 0.234. The molecule has 6 atom stereocenters. The Bertz CT molecular complexity index is 2140. The van der Waals surface area contributed by atoms with Crippen LogP contribution in [0.2, 0.25) is 0 Å². The Labute approximate surface area is 271 Å². The maximum atomic E-state index is 3.61. The molecule has 1 heteroatoms. The molecule has 6 unspecified atom stereocenters. The summed E-state index contributed by atoms with van der Waals surface area (Å²) in [7, 11) is 0. The Hall–Kier alpha value is -4.88. The molecule has 1 aliphatic heterocycles. The minimum atomic E-state index is 0.425. The summed E-state index contributed by atoms with van der Waals surface area (Å²) in [5.74, 6) is 2.46. The van der Waals surface area contributed by atoms with Crippen molar-refractivity contribution in [3.05, 3.63) is 179 Å².